The summed E-state index contributed by atoms with van der Waals surface area (Å²) in [6.45, 7) is 4.18. The first-order valence-electron chi connectivity index (χ1n) is 8.35. The molecule has 2 heterocycles. The first-order valence-corrected chi connectivity index (χ1v) is 8.35. The van der Waals surface area contributed by atoms with Gasteiger partial charge in [0.15, 0.2) is 0 Å². The van der Waals surface area contributed by atoms with Gasteiger partial charge < -0.3 is 9.47 Å². The van der Waals surface area contributed by atoms with Crippen LogP contribution in [-0.2, 0) is 20.8 Å². The number of allylic oxidation sites excluding steroid dienone is 1. The monoisotopic (exact) mass is 352 g/mol. The van der Waals surface area contributed by atoms with Crippen molar-refractivity contribution in [3.8, 4) is 0 Å². The van der Waals surface area contributed by atoms with Crippen LogP contribution in [0.15, 0.2) is 47.7 Å². The third-order valence-corrected chi connectivity index (χ3v) is 4.24. The van der Waals surface area contributed by atoms with Crippen molar-refractivity contribution in [3.63, 3.8) is 0 Å². The van der Waals surface area contributed by atoms with E-state index in [4.69, 9.17) is 9.47 Å². The van der Waals surface area contributed by atoms with Crippen molar-refractivity contribution < 1.29 is 19.1 Å². The van der Waals surface area contributed by atoms with Gasteiger partial charge in [-0.25, -0.2) is 9.59 Å². The van der Waals surface area contributed by atoms with Crippen LogP contribution in [0.1, 0.15) is 35.5 Å². The smallest absolute Gasteiger partial charge is 0.341 e. The number of carbonyl (C=O) groups is 2. The Morgan fingerprint density at radius 3 is 2.62 bits per heavy atom. The largest absolute Gasteiger partial charge is 0.465 e. The van der Waals surface area contributed by atoms with Crippen LogP contribution in [0.3, 0.4) is 0 Å². The molecule has 0 saturated heterocycles. The van der Waals surface area contributed by atoms with E-state index in [1.54, 1.807) is 18.5 Å². The molecule has 26 heavy (non-hydrogen) atoms. The summed E-state index contributed by atoms with van der Waals surface area (Å²) in [7, 11) is 1.35. The molecule has 1 aromatic heterocycles. The summed E-state index contributed by atoms with van der Waals surface area (Å²) in [6, 6.07) is 9.71. The Hall–Kier alpha value is -3.15. The number of methoxy groups -OCH3 is 1. The Labute approximate surface area is 151 Å². The maximum atomic E-state index is 12.4. The molecule has 0 radical (unpaired) electrons. The van der Waals surface area contributed by atoms with Crippen LogP contribution in [0.5, 0.6) is 0 Å². The maximum absolute atomic E-state index is 12.4. The summed E-state index contributed by atoms with van der Waals surface area (Å²) in [6.07, 6.45) is 3.42. The quantitative estimate of drug-likeness (QED) is 0.791. The molecule has 0 saturated carbocycles. The molecule has 0 amide bonds. The summed E-state index contributed by atoms with van der Waals surface area (Å²) < 4.78 is 11.8. The highest BCUT2D eigenvalue weighted by Gasteiger charge is 2.30. The molecule has 0 unspecified atom stereocenters. The number of ether oxygens (including phenoxy) is 2. The fourth-order valence-corrected chi connectivity index (χ4v) is 3.11. The van der Waals surface area contributed by atoms with Crippen LogP contribution in [0.25, 0.3) is 11.6 Å². The predicted molar refractivity (Wildman–Crippen MR) is 97.2 cm³/mol. The van der Waals surface area contributed by atoms with E-state index in [9.17, 15) is 9.59 Å². The number of esters is 2. The molecule has 0 spiro atoms. The molecule has 1 aliphatic heterocycles. The number of nitrogens with zero attached hydrogens (tertiary/aromatic N) is 2. The average Bonchev–Trinajstić information content (AvgIpc) is 3.07. The summed E-state index contributed by atoms with van der Waals surface area (Å²) in [5.74, 6) is -0.889. The maximum Gasteiger partial charge on any atom is 0.341 e. The molecule has 0 N–H and O–H groups in total. The van der Waals surface area contributed by atoms with Gasteiger partial charge >= 0.3 is 11.9 Å². The molecule has 2 aromatic rings. The second-order valence-electron chi connectivity index (χ2n) is 5.86. The molecule has 0 bridgehead atoms. The van der Waals surface area contributed by atoms with Crippen molar-refractivity contribution >= 4 is 23.6 Å². The number of aromatic nitrogens is 2. The summed E-state index contributed by atoms with van der Waals surface area (Å²) in [4.78, 5) is 24.7. The van der Waals surface area contributed by atoms with E-state index < -0.39 is 11.9 Å². The van der Waals surface area contributed by atoms with E-state index in [-0.39, 0.29) is 6.61 Å². The second kappa shape index (κ2) is 7.39. The number of carbonyl (C=O) groups excluding carboxylic acids is 2. The molecule has 1 aliphatic rings. The van der Waals surface area contributed by atoms with Gasteiger partial charge in [0.2, 0.25) is 0 Å². The number of hydrogen-bond acceptors (Lipinski definition) is 5. The molecular weight excluding hydrogens is 332 g/mol. The highest BCUT2D eigenvalue weighted by molar-refractivity contribution is 6.06. The van der Waals surface area contributed by atoms with Crippen LogP contribution < -0.4 is 0 Å². The van der Waals surface area contributed by atoms with Gasteiger partial charge in [-0.1, -0.05) is 30.3 Å². The average molecular weight is 352 g/mol. The number of benzene rings is 1. The molecule has 0 aliphatic carbocycles. The SMILES string of the molecule is CCOC(=O)c1cnn2c1C(C)=C(C(=O)OC)/C(=C\c1ccccc1)C2. The van der Waals surface area contributed by atoms with E-state index in [0.29, 0.717) is 28.9 Å². The summed E-state index contributed by atoms with van der Waals surface area (Å²) in [5.41, 5.74) is 3.80. The first-order chi connectivity index (χ1) is 12.6. The normalized spacial score (nSPS) is 15.0. The fraction of sp³-hybridized carbons (Fsp3) is 0.250. The minimum Gasteiger partial charge on any atom is -0.465 e. The van der Waals surface area contributed by atoms with Gasteiger partial charge in [0.25, 0.3) is 0 Å². The third kappa shape index (κ3) is 3.18. The van der Waals surface area contributed by atoms with Crippen LogP contribution in [0, 0.1) is 0 Å². The van der Waals surface area contributed by atoms with Crippen molar-refractivity contribution in [1.82, 2.24) is 9.78 Å². The first kappa shape index (κ1) is 17.7. The van der Waals surface area contributed by atoms with Crippen LogP contribution in [0.4, 0.5) is 0 Å². The van der Waals surface area contributed by atoms with E-state index >= 15 is 0 Å². The molecular formula is C20H20N2O4. The lowest BCUT2D eigenvalue weighted by molar-refractivity contribution is -0.135. The van der Waals surface area contributed by atoms with Crippen molar-refractivity contribution in [2.45, 2.75) is 20.4 Å². The molecule has 0 fully saturated rings. The summed E-state index contributed by atoms with van der Waals surface area (Å²) in [5, 5.41) is 4.31. The van der Waals surface area contributed by atoms with Crippen LogP contribution in [0.2, 0.25) is 0 Å². The minimum atomic E-state index is -0.451. The van der Waals surface area contributed by atoms with Gasteiger partial charge in [-0.3, -0.25) is 4.68 Å². The molecule has 3 rings (SSSR count). The Morgan fingerprint density at radius 1 is 1.23 bits per heavy atom. The Balaban J connectivity index is 2.15. The van der Waals surface area contributed by atoms with Gasteiger partial charge in [-0.05, 0) is 36.6 Å². The zero-order chi connectivity index (χ0) is 18.7. The van der Waals surface area contributed by atoms with Gasteiger partial charge in [0.1, 0.15) is 5.56 Å². The Morgan fingerprint density at radius 2 is 1.96 bits per heavy atom. The summed E-state index contributed by atoms with van der Waals surface area (Å²) >= 11 is 0. The molecule has 1 aromatic carbocycles. The van der Waals surface area contributed by atoms with Crippen molar-refractivity contribution in [3.05, 3.63) is 64.5 Å². The molecule has 0 atom stereocenters. The van der Waals surface area contributed by atoms with Gasteiger partial charge in [-0.2, -0.15) is 5.10 Å². The Bertz CT molecular complexity index is 907. The fourth-order valence-electron chi connectivity index (χ4n) is 3.11. The minimum absolute atomic E-state index is 0.273. The lowest BCUT2D eigenvalue weighted by Gasteiger charge is -2.22. The molecule has 6 nitrogen and oxygen atoms in total. The van der Waals surface area contributed by atoms with Crippen LogP contribution in [-0.4, -0.2) is 35.4 Å². The number of fused-ring (bicyclic) bond motifs is 1. The van der Waals surface area contributed by atoms with Crippen molar-refractivity contribution in [2.24, 2.45) is 0 Å². The Kier molecular flexibility index (Phi) is 5.02. The number of hydrogen-bond donors (Lipinski definition) is 0. The lowest BCUT2D eigenvalue weighted by Crippen LogP contribution is -2.21. The number of rotatable bonds is 4. The third-order valence-electron chi connectivity index (χ3n) is 4.24. The highest BCUT2D eigenvalue weighted by atomic mass is 16.5. The lowest BCUT2D eigenvalue weighted by atomic mass is 9.92. The predicted octanol–water partition coefficient (Wildman–Crippen LogP) is 3.10. The zero-order valence-electron chi connectivity index (χ0n) is 15.0. The molecule has 6 heteroatoms. The second-order valence-corrected chi connectivity index (χ2v) is 5.86. The zero-order valence-corrected chi connectivity index (χ0v) is 15.0. The topological polar surface area (TPSA) is 70.4 Å². The van der Waals surface area contributed by atoms with Gasteiger partial charge in [0, 0.05) is 0 Å². The molecule has 134 valence electrons. The van der Waals surface area contributed by atoms with Crippen molar-refractivity contribution in [2.75, 3.05) is 13.7 Å². The van der Waals surface area contributed by atoms with E-state index in [2.05, 4.69) is 5.10 Å². The standard InChI is InChI=1S/C20H20N2O4/c1-4-26-19(23)16-11-21-22-12-15(10-14-8-6-5-7-9-14)17(20(24)25-3)13(2)18(16)22/h5-11H,4,12H2,1-3H3/b15-10-. The van der Waals surface area contributed by atoms with E-state index in [1.807, 2.05) is 36.4 Å². The van der Waals surface area contributed by atoms with Gasteiger partial charge in [0.05, 0.1) is 37.7 Å². The van der Waals surface area contributed by atoms with Crippen molar-refractivity contribution in [1.29, 1.82) is 0 Å². The van der Waals surface area contributed by atoms with Crippen LogP contribution >= 0.6 is 0 Å². The van der Waals surface area contributed by atoms with E-state index in [0.717, 1.165) is 11.1 Å². The van der Waals surface area contributed by atoms with E-state index in [1.165, 1.54) is 13.3 Å². The van der Waals surface area contributed by atoms with Gasteiger partial charge in [-0.15, -0.1) is 0 Å². The highest BCUT2D eigenvalue weighted by Crippen LogP contribution is 2.34.